The van der Waals surface area contributed by atoms with Crippen LogP contribution in [0.5, 0.6) is 5.75 Å². The van der Waals surface area contributed by atoms with Crippen molar-refractivity contribution >= 4 is 17.3 Å². The maximum atomic E-state index is 9.31. The van der Waals surface area contributed by atoms with E-state index in [1.165, 1.54) is 0 Å². The number of aromatic hydroxyl groups is 1. The molecule has 2 N–H and O–H groups in total. The minimum Gasteiger partial charge on any atom is -0.506 e. The molecule has 0 atom stereocenters. The van der Waals surface area contributed by atoms with Crippen LogP contribution in [-0.2, 0) is 0 Å². The quantitative estimate of drug-likeness (QED) is 0.429. The zero-order chi connectivity index (χ0) is 8.81. The highest BCUT2D eigenvalue weighted by Crippen LogP contribution is 2.20. The van der Waals surface area contributed by atoms with Crippen LogP contribution in [0.25, 0.3) is 0 Å². The lowest BCUT2D eigenvalue weighted by atomic mass is 10.3. The van der Waals surface area contributed by atoms with Crippen LogP contribution in [0.2, 0.25) is 0 Å². The number of phenolic OH excluding ortho intramolecular Hbond substituents is 1. The van der Waals surface area contributed by atoms with Crippen LogP contribution in [0.4, 0.5) is 5.69 Å². The predicted octanol–water partition coefficient (Wildman–Crippen LogP) is 2.43. The standard InChI is InChI=1S/C9H12ClNO/c10-6-3-7-11-8-4-1-2-5-9(8)12/h1-2,4-5,11-12H,3,6-7H2. The van der Waals surface area contributed by atoms with Gasteiger partial charge in [-0.25, -0.2) is 0 Å². The zero-order valence-electron chi connectivity index (χ0n) is 6.76. The van der Waals surface area contributed by atoms with Crippen molar-refractivity contribution in [2.75, 3.05) is 17.7 Å². The molecule has 12 heavy (non-hydrogen) atoms. The van der Waals surface area contributed by atoms with Gasteiger partial charge in [-0.05, 0) is 18.6 Å². The lowest BCUT2D eigenvalue weighted by Gasteiger charge is -2.05. The fourth-order valence-electron chi connectivity index (χ4n) is 0.913. The monoisotopic (exact) mass is 185 g/mol. The Bertz CT molecular complexity index is 240. The largest absolute Gasteiger partial charge is 0.506 e. The van der Waals surface area contributed by atoms with Crippen molar-refractivity contribution in [2.24, 2.45) is 0 Å². The Morgan fingerprint density at radius 3 is 2.75 bits per heavy atom. The fourth-order valence-corrected chi connectivity index (χ4v) is 1.05. The van der Waals surface area contributed by atoms with E-state index in [2.05, 4.69) is 5.32 Å². The van der Waals surface area contributed by atoms with E-state index in [0.29, 0.717) is 5.88 Å². The van der Waals surface area contributed by atoms with Gasteiger partial charge in [-0.2, -0.15) is 0 Å². The highest BCUT2D eigenvalue weighted by Gasteiger charge is 1.95. The van der Waals surface area contributed by atoms with Gasteiger partial charge < -0.3 is 10.4 Å². The first-order chi connectivity index (χ1) is 5.84. The van der Waals surface area contributed by atoms with Gasteiger partial charge in [0.05, 0.1) is 5.69 Å². The first-order valence-electron chi connectivity index (χ1n) is 3.92. The lowest BCUT2D eigenvalue weighted by molar-refractivity contribution is 0.477. The van der Waals surface area contributed by atoms with Crippen LogP contribution in [0.1, 0.15) is 6.42 Å². The van der Waals surface area contributed by atoms with Gasteiger partial charge >= 0.3 is 0 Å². The summed E-state index contributed by atoms with van der Waals surface area (Å²) in [6.07, 6.45) is 0.899. The summed E-state index contributed by atoms with van der Waals surface area (Å²) in [6.45, 7) is 0.793. The molecule has 0 aliphatic carbocycles. The third kappa shape index (κ3) is 2.62. The number of hydrogen-bond acceptors (Lipinski definition) is 2. The lowest BCUT2D eigenvalue weighted by Crippen LogP contribution is -2.01. The van der Waals surface area contributed by atoms with Gasteiger partial charge in [0, 0.05) is 12.4 Å². The molecule has 0 fully saturated rings. The van der Waals surface area contributed by atoms with Crippen molar-refractivity contribution in [3.63, 3.8) is 0 Å². The Morgan fingerprint density at radius 1 is 1.33 bits per heavy atom. The topological polar surface area (TPSA) is 32.3 Å². The second-order valence-corrected chi connectivity index (χ2v) is 2.86. The summed E-state index contributed by atoms with van der Waals surface area (Å²) in [5, 5.41) is 12.4. The first kappa shape index (κ1) is 9.20. The van der Waals surface area contributed by atoms with Crippen molar-refractivity contribution in [3.8, 4) is 5.75 Å². The summed E-state index contributed by atoms with van der Waals surface area (Å²) in [7, 11) is 0. The molecule has 0 aliphatic heterocycles. The summed E-state index contributed by atoms with van der Waals surface area (Å²) in [5.41, 5.74) is 0.766. The van der Waals surface area contributed by atoms with Crippen LogP contribution in [0, 0.1) is 0 Å². The summed E-state index contributed by atoms with van der Waals surface area (Å²) < 4.78 is 0. The molecule has 1 rings (SSSR count). The Morgan fingerprint density at radius 2 is 2.08 bits per heavy atom. The number of rotatable bonds is 4. The van der Waals surface area contributed by atoms with Crippen LogP contribution >= 0.6 is 11.6 Å². The molecular formula is C9H12ClNO. The molecule has 2 nitrogen and oxygen atoms in total. The van der Waals surface area contributed by atoms with E-state index < -0.39 is 0 Å². The van der Waals surface area contributed by atoms with Gasteiger partial charge in [0.2, 0.25) is 0 Å². The Hall–Kier alpha value is -0.890. The number of para-hydroxylation sites is 2. The second kappa shape index (κ2) is 4.88. The number of phenols is 1. The first-order valence-corrected chi connectivity index (χ1v) is 4.46. The van der Waals surface area contributed by atoms with Crippen molar-refractivity contribution in [1.29, 1.82) is 0 Å². The smallest absolute Gasteiger partial charge is 0.138 e. The number of alkyl halides is 1. The van der Waals surface area contributed by atoms with Crippen LogP contribution < -0.4 is 5.32 Å². The molecule has 0 aliphatic rings. The van der Waals surface area contributed by atoms with E-state index in [4.69, 9.17) is 11.6 Å². The molecule has 1 aromatic carbocycles. The van der Waals surface area contributed by atoms with Crippen LogP contribution in [0.15, 0.2) is 24.3 Å². The van der Waals surface area contributed by atoms with Gasteiger partial charge in [-0.1, -0.05) is 12.1 Å². The van der Waals surface area contributed by atoms with Gasteiger partial charge in [0.15, 0.2) is 0 Å². The summed E-state index contributed by atoms with van der Waals surface area (Å²) in [5.74, 6) is 0.924. The minimum atomic E-state index is 0.284. The predicted molar refractivity (Wildman–Crippen MR) is 51.9 cm³/mol. The Labute approximate surface area is 77.2 Å². The molecule has 0 radical (unpaired) electrons. The average molecular weight is 186 g/mol. The third-order valence-electron chi connectivity index (χ3n) is 1.53. The van der Waals surface area contributed by atoms with Crippen molar-refractivity contribution in [3.05, 3.63) is 24.3 Å². The zero-order valence-corrected chi connectivity index (χ0v) is 7.51. The highest BCUT2D eigenvalue weighted by atomic mass is 35.5. The minimum absolute atomic E-state index is 0.284. The highest BCUT2D eigenvalue weighted by molar-refractivity contribution is 6.17. The molecule has 0 amide bonds. The van der Waals surface area contributed by atoms with E-state index in [9.17, 15) is 5.11 Å². The normalized spacial score (nSPS) is 9.75. The third-order valence-corrected chi connectivity index (χ3v) is 1.80. The van der Waals surface area contributed by atoms with E-state index in [-0.39, 0.29) is 5.75 Å². The summed E-state index contributed by atoms with van der Waals surface area (Å²) in [4.78, 5) is 0. The molecule has 0 unspecified atom stereocenters. The van der Waals surface area contributed by atoms with Crippen molar-refractivity contribution in [1.82, 2.24) is 0 Å². The van der Waals surface area contributed by atoms with Crippen molar-refractivity contribution in [2.45, 2.75) is 6.42 Å². The molecule has 0 heterocycles. The van der Waals surface area contributed by atoms with Gasteiger partial charge in [-0.15, -0.1) is 11.6 Å². The summed E-state index contributed by atoms with van der Waals surface area (Å²) in [6, 6.07) is 7.16. The molecule has 0 bridgehead atoms. The second-order valence-electron chi connectivity index (χ2n) is 2.49. The molecule has 0 saturated heterocycles. The number of nitrogens with one attached hydrogen (secondary N) is 1. The summed E-state index contributed by atoms with van der Waals surface area (Å²) >= 11 is 5.51. The molecule has 3 heteroatoms. The van der Waals surface area contributed by atoms with Crippen LogP contribution in [-0.4, -0.2) is 17.5 Å². The van der Waals surface area contributed by atoms with Gasteiger partial charge in [-0.3, -0.25) is 0 Å². The molecule has 0 spiro atoms. The molecule has 0 saturated carbocycles. The molecular weight excluding hydrogens is 174 g/mol. The Balaban J connectivity index is 2.46. The van der Waals surface area contributed by atoms with E-state index >= 15 is 0 Å². The SMILES string of the molecule is Oc1ccccc1NCCCCl. The fraction of sp³-hybridized carbons (Fsp3) is 0.333. The molecule has 66 valence electrons. The number of hydrogen-bond donors (Lipinski definition) is 2. The maximum Gasteiger partial charge on any atom is 0.138 e. The maximum absolute atomic E-state index is 9.31. The number of benzene rings is 1. The average Bonchev–Trinajstić information content (AvgIpc) is 2.09. The number of anilines is 1. The molecule has 0 aromatic heterocycles. The van der Waals surface area contributed by atoms with Gasteiger partial charge in [0.1, 0.15) is 5.75 Å². The Kier molecular flexibility index (Phi) is 3.74. The van der Waals surface area contributed by atoms with E-state index in [1.807, 2.05) is 12.1 Å². The van der Waals surface area contributed by atoms with E-state index in [0.717, 1.165) is 18.7 Å². The van der Waals surface area contributed by atoms with Crippen molar-refractivity contribution < 1.29 is 5.11 Å². The molecule has 1 aromatic rings. The number of halogens is 1. The van der Waals surface area contributed by atoms with E-state index in [1.54, 1.807) is 12.1 Å². The van der Waals surface area contributed by atoms with Crippen LogP contribution in [0.3, 0.4) is 0 Å². The van der Waals surface area contributed by atoms with Gasteiger partial charge in [0.25, 0.3) is 0 Å².